The van der Waals surface area contributed by atoms with Crippen molar-refractivity contribution in [2.75, 3.05) is 11.9 Å². The number of aromatic nitrogens is 1. The fourth-order valence-electron chi connectivity index (χ4n) is 2.19. The number of aryl methyl sites for hydroxylation is 1. The highest BCUT2D eigenvalue weighted by Gasteiger charge is 2.10. The van der Waals surface area contributed by atoms with Gasteiger partial charge in [0.2, 0.25) is 0 Å². The second-order valence-corrected chi connectivity index (χ2v) is 6.35. The molecular weight excluding hydrogens is 355 g/mol. The number of hydrogen-bond acceptors (Lipinski definition) is 5. The van der Waals surface area contributed by atoms with Gasteiger partial charge in [-0.1, -0.05) is 0 Å². The van der Waals surface area contributed by atoms with Gasteiger partial charge >= 0.3 is 0 Å². The van der Waals surface area contributed by atoms with Crippen molar-refractivity contribution in [1.29, 1.82) is 0 Å². The number of carbonyl (C=O) groups is 2. The summed E-state index contributed by atoms with van der Waals surface area (Å²) < 4.78 is 18.3. The quantitative estimate of drug-likeness (QED) is 0.670. The number of ketones is 1. The number of rotatable bonds is 6. The molecule has 0 saturated carbocycles. The van der Waals surface area contributed by atoms with E-state index in [0.717, 1.165) is 5.69 Å². The summed E-state index contributed by atoms with van der Waals surface area (Å²) in [6, 6.07) is 11.8. The summed E-state index contributed by atoms with van der Waals surface area (Å²) in [6.45, 7) is 1.68. The zero-order valence-electron chi connectivity index (χ0n) is 13.9. The number of benzene rings is 2. The molecule has 2 aromatic carbocycles. The van der Waals surface area contributed by atoms with Crippen LogP contribution in [0.2, 0.25) is 0 Å². The molecule has 1 amide bonds. The Morgan fingerprint density at radius 1 is 1.08 bits per heavy atom. The van der Waals surface area contributed by atoms with Crippen molar-refractivity contribution >= 4 is 28.2 Å². The average molecular weight is 370 g/mol. The van der Waals surface area contributed by atoms with Gasteiger partial charge in [0.25, 0.3) is 5.91 Å². The van der Waals surface area contributed by atoms with E-state index in [-0.39, 0.29) is 18.3 Å². The number of hydrogen-bond donors (Lipinski definition) is 1. The molecular formula is C19H15FN2O3S. The van der Waals surface area contributed by atoms with E-state index in [4.69, 9.17) is 4.74 Å². The monoisotopic (exact) mass is 370 g/mol. The van der Waals surface area contributed by atoms with Gasteiger partial charge in [0, 0.05) is 16.5 Å². The highest BCUT2D eigenvalue weighted by Crippen LogP contribution is 2.17. The molecule has 7 heteroatoms. The Morgan fingerprint density at radius 3 is 2.27 bits per heavy atom. The zero-order chi connectivity index (χ0) is 18.5. The average Bonchev–Trinajstić information content (AvgIpc) is 3.05. The topological polar surface area (TPSA) is 68.3 Å². The minimum atomic E-state index is -0.392. The predicted molar refractivity (Wildman–Crippen MR) is 97.3 cm³/mol. The summed E-state index contributed by atoms with van der Waals surface area (Å²) in [5.41, 5.74) is 1.69. The molecule has 0 aliphatic heterocycles. The van der Waals surface area contributed by atoms with Crippen LogP contribution in [-0.4, -0.2) is 23.3 Å². The number of halogens is 1. The Kier molecular flexibility index (Phi) is 5.38. The van der Waals surface area contributed by atoms with Crippen LogP contribution >= 0.6 is 11.3 Å². The molecule has 3 aromatic rings. The lowest BCUT2D eigenvalue weighted by molar-refractivity contribution is -0.118. The third kappa shape index (κ3) is 4.52. The van der Waals surface area contributed by atoms with Gasteiger partial charge in [0.05, 0.1) is 5.69 Å². The molecule has 5 nitrogen and oxygen atoms in total. The minimum Gasteiger partial charge on any atom is -0.484 e. The number of nitrogens with zero attached hydrogens (tertiary/aromatic N) is 1. The molecule has 0 radical (unpaired) electrons. The summed E-state index contributed by atoms with van der Waals surface area (Å²) in [4.78, 5) is 28.3. The summed E-state index contributed by atoms with van der Waals surface area (Å²) in [6.07, 6.45) is 0. The van der Waals surface area contributed by atoms with Crippen LogP contribution in [0.25, 0.3) is 0 Å². The number of thiazole rings is 1. The fraction of sp³-hybridized carbons (Fsp3) is 0.105. The van der Waals surface area contributed by atoms with Gasteiger partial charge in [-0.2, -0.15) is 0 Å². The maximum absolute atomic E-state index is 12.9. The van der Waals surface area contributed by atoms with Crippen molar-refractivity contribution < 1.29 is 18.7 Å². The van der Waals surface area contributed by atoms with Gasteiger partial charge in [-0.05, 0) is 55.5 Å². The van der Waals surface area contributed by atoms with Gasteiger partial charge in [-0.15, -0.1) is 11.3 Å². The molecule has 0 spiro atoms. The first kappa shape index (κ1) is 17.8. The Balaban J connectivity index is 1.56. The molecule has 3 rings (SSSR count). The second-order valence-electron chi connectivity index (χ2n) is 5.49. The van der Waals surface area contributed by atoms with Crippen LogP contribution in [0, 0.1) is 12.7 Å². The van der Waals surface area contributed by atoms with Gasteiger partial charge in [0.1, 0.15) is 11.6 Å². The Morgan fingerprint density at radius 2 is 1.69 bits per heavy atom. The number of ether oxygens (including phenoxy) is 1. The van der Waals surface area contributed by atoms with Crippen LogP contribution in [0.15, 0.2) is 53.9 Å². The summed E-state index contributed by atoms with van der Waals surface area (Å²) in [5, 5.41) is 5.01. The number of anilines is 1. The van der Waals surface area contributed by atoms with Gasteiger partial charge in [-0.25, -0.2) is 9.37 Å². The molecule has 0 atom stereocenters. The van der Waals surface area contributed by atoms with Crippen LogP contribution < -0.4 is 10.1 Å². The van der Waals surface area contributed by atoms with Crippen molar-refractivity contribution in [3.8, 4) is 5.75 Å². The molecule has 26 heavy (non-hydrogen) atoms. The fourth-order valence-corrected chi connectivity index (χ4v) is 2.89. The van der Waals surface area contributed by atoms with E-state index < -0.39 is 5.82 Å². The molecule has 0 unspecified atom stereocenters. The lowest BCUT2D eigenvalue weighted by Gasteiger charge is -2.07. The van der Waals surface area contributed by atoms with Gasteiger partial charge < -0.3 is 4.74 Å². The lowest BCUT2D eigenvalue weighted by Crippen LogP contribution is -2.20. The number of amides is 1. The van der Waals surface area contributed by atoms with E-state index in [2.05, 4.69) is 10.3 Å². The maximum atomic E-state index is 12.9. The van der Waals surface area contributed by atoms with Crippen LogP contribution in [0.4, 0.5) is 9.52 Å². The molecule has 1 aromatic heterocycles. The summed E-state index contributed by atoms with van der Waals surface area (Å²) in [5.74, 6) is -0.457. The summed E-state index contributed by atoms with van der Waals surface area (Å²) >= 11 is 1.34. The van der Waals surface area contributed by atoms with Gasteiger partial charge in [-0.3, -0.25) is 14.9 Å². The maximum Gasteiger partial charge on any atom is 0.264 e. The molecule has 0 fully saturated rings. The van der Waals surface area contributed by atoms with Crippen molar-refractivity contribution in [3.63, 3.8) is 0 Å². The normalized spacial score (nSPS) is 10.4. The second kappa shape index (κ2) is 7.88. The van der Waals surface area contributed by atoms with E-state index in [1.54, 1.807) is 24.3 Å². The van der Waals surface area contributed by atoms with Crippen molar-refractivity contribution in [2.45, 2.75) is 6.92 Å². The van der Waals surface area contributed by atoms with Crippen LogP contribution in [0.3, 0.4) is 0 Å². The third-order valence-electron chi connectivity index (χ3n) is 3.46. The van der Waals surface area contributed by atoms with Crippen molar-refractivity contribution in [1.82, 2.24) is 4.98 Å². The van der Waals surface area contributed by atoms with E-state index in [0.29, 0.717) is 22.0 Å². The van der Waals surface area contributed by atoms with Crippen LogP contribution in [0.5, 0.6) is 5.75 Å². The zero-order valence-corrected chi connectivity index (χ0v) is 14.7. The van der Waals surface area contributed by atoms with E-state index in [9.17, 15) is 14.0 Å². The Labute approximate surface area is 153 Å². The number of carbonyl (C=O) groups excluding carboxylic acids is 2. The van der Waals surface area contributed by atoms with Crippen LogP contribution in [-0.2, 0) is 4.79 Å². The third-order valence-corrected chi connectivity index (χ3v) is 4.33. The highest BCUT2D eigenvalue weighted by atomic mass is 32.1. The molecule has 0 saturated heterocycles. The van der Waals surface area contributed by atoms with Gasteiger partial charge in [0.15, 0.2) is 17.5 Å². The SMILES string of the molecule is Cc1csc(NC(=O)COc2ccc(C(=O)c3ccc(F)cc3)cc2)n1. The van der Waals surface area contributed by atoms with Crippen molar-refractivity contribution in [3.05, 3.63) is 76.5 Å². The minimum absolute atomic E-state index is 0.163. The highest BCUT2D eigenvalue weighted by molar-refractivity contribution is 7.13. The first-order chi connectivity index (χ1) is 12.5. The molecule has 0 aliphatic rings. The Bertz CT molecular complexity index is 921. The predicted octanol–water partition coefficient (Wildman–Crippen LogP) is 3.84. The number of nitrogens with one attached hydrogen (secondary N) is 1. The largest absolute Gasteiger partial charge is 0.484 e. The van der Waals surface area contributed by atoms with E-state index in [1.807, 2.05) is 12.3 Å². The molecule has 0 bridgehead atoms. The molecule has 0 aliphatic carbocycles. The first-order valence-corrected chi connectivity index (χ1v) is 8.64. The first-order valence-electron chi connectivity index (χ1n) is 7.76. The van der Waals surface area contributed by atoms with Crippen LogP contribution in [0.1, 0.15) is 21.6 Å². The standard InChI is InChI=1S/C19H15FN2O3S/c1-12-11-26-19(21-12)22-17(23)10-25-16-8-4-14(5-9-16)18(24)13-2-6-15(20)7-3-13/h2-9,11H,10H2,1H3,(H,21,22,23). The van der Waals surface area contributed by atoms with Crippen molar-refractivity contribution in [2.24, 2.45) is 0 Å². The Hall–Kier alpha value is -3.06. The molecule has 1 N–H and O–H groups in total. The molecule has 132 valence electrons. The summed E-state index contributed by atoms with van der Waals surface area (Å²) in [7, 11) is 0. The molecule has 1 heterocycles. The van der Waals surface area contributed by atoms with E-state index >= 15 is 0 Å². The van der Waals surface area contributed by atoms with E-state index in [1.165, 1.54) is 35.6 Å². The lowest BCUT2D eigenvalue weighted by atomic mass is 10.0. The smallest absolute Gasteiger partial charge is 0.264 e.